The third-order valence-electron chi connectivity index (χ3n) is 5.72. The fourth-order valence-corrected chi connectivity index (χ4v) is 6.17. The molecule has 0 aromatic heterocycles. The van der Waals surface area contributed by atoms with Crippen LogP contribution in [0.15, 0.2) is 0 Å². The van der Waals surface area contributed by atoms with E-state index in [2.05, 4.69) is 39.5 Å². The van der Waals surface area contributed by atoms with Gasteiger partial charge in [-0.15, -0.1) is 0 Å². The smallest absolute Gasteiger partial charge is 0.150 e. The molecule has 0 saturated carbocycles. The second-order valence-electron chi connectivity index (χ2n) is 8.89. The first-order valence-electron chi connectivity index (χ1n) is 8.45. The van der Waals surface area contributed by atoms with Gasteiger partial charge in [-0.1, -0.05) is 13.8 Å². The van der Waals surface area contributed by atoms with Crippen LogP contribution in [0.5, 0.6) is 0 Å². The zero-order chi connectivity index (χ0) is 15.9. The maximum Gasteiger partial charge on any atom is 0.150 e. The number of rotatable bonds is 3. The lowest BCUT2D eigenvalue weighted by Crippen LogP contribution is -2.46. The summed E-state index contributed by atoms with van der Waals surface area (Å²) in [5, 5.41) is 0. The van der Waals surface area contributed by atoms with Crippen LogP contribution >= 0.6 is 0 Å². The first kappa shape index (κ1) is 17.3. The monoisotopic (exact) mass is 315 g/mol. The molecule has 2 aliphatic rings. The minimum atomic E-state index is -2.76. The Morgan fingerprint density at radius 3 is 2.00 bits per heavy atom. The molecular weight excluding hydrogens is 282 g/mol. The lowest BCUT2D eigenvalue weighted by Gasteiger charge is -2.43. The van der Waals surface area contributed by atoms with Gasteiger partial charge in [0, 0.05) is 5.54 Å². The summed E-state index contributed by atoms with van der Waals surface area (Å²) in [7, 11) is -2.76. The van der Waals surface area contributed by atoms with Crippen molar-refractivity contribution in [3.8, 4) is 0 Å². The van der Waals surface area contributed by atoms with Gasteiger partial charge in [-0.2, -0.15) is 0 Å². The van der Waals surface area contributed by atoms with E-state index in [1.54, 1.807) is 0 Å². The van der Waals surface area contributed by atoms with Crippen LogP contribution in [0.2, 0.25) is 0 Å². The van der Waals surface area contributed by atoms with Gasteiger partial charge < -0.3 is 0 Å². The standard InChI is InChI=1S/C17H33NO2S/c1-16(2,3)18-9-6-14(7-10-18)12-17(4,5)15-8-11-21(19,20)13-15/h14-15H,6-13H2,1-5H3. The Labute approximate surface area is 131 Å². The van der Waals surface area contributed by atoms with Crippen LogP contribution in [0.3, 0.4) is 0 Å². The van der Waals surface area contributed by atoms with E-state index in [9.17, 15) is 8.42 Å². The number of nitrogens with zero attached hydrogens (tertiary/aromatic N) is 1. The number of hydrogen-bond donors (Lipinski definition) is 0. The second kappa shape index (κ2) is 5.84. The second-order valence-corrected chi connectivity index (χ2v) is 11.1. The highest BCUT2D eigenvalue weighted by atomic mass is 32.2. The molecule has 0 radical (unpaired) electrons. The van der Waals surface area contributed by atoms with Crippen LogP contribution in [0, 0.1) is 17.3 Å². The predicted octanol–water partition coefficient (Wildman–Crippen LogP) is 3.35. The van der Waals surface area contributed by atoms with Gasteiger partial charge in [0.15, 0.2) is 9.84 Å². The Bertz CT molecular complexity index is 454. The molecule has 0 aliphatic carbocycles. The number of sulfone groups is 1. The Balaban J connectivity index is 1.88. The van der Waals surface area contributed by atoms with E-state index in [1.807, 2.05) is 0 Å². The first-order valence-corrected chi connectivity index (χ1v) is 10.3. The minimum absolute atomic E-state index is 0.165. The molecule has 0 aromatic rings. The van der Waals surface area contributed by atoms with E-state index >= 15 is 0 Å². The van der Waals surface area contributed by atoms with Crippen molar-refractivity contribution in [2.24, 2.45) is 17.3 Å². The van der Waals surface area contributed by atoms with Crippen LogP contribution in [-0.2, 0) is 9.84 Å². The van der Waals surface area contributed by atoms with Crippen molar-refractivity contribution in [2.75, 3.05) is 24.6 Å². The lowest BCUT2D eigenvalue weighted by atomic mass is 9.70. The molecule has 4 heteroatoms. The van der Waals surface area contributed by atoms with E-state index in [4.69, 9.17) is 0 Å². The van der Waals surface area contributed by atoms with E-state index in [0.29, 0.717) is 17.4 Å². The highest BCUT2D eigenvalue weighted by molar-refractivity contribution is 7.91. The lowest BCUT2D eigenvalue weighted by molar-refractivity contribution is 0.0651. The SMILES string of the molecule is CC(C)(CC1CCN(C(C)(C)C)CC1)C1CCS(=O)(=O)C1. The number of piperidine rings is 1. The van der Waals surface area contributed by atoms with Gasteiger partial charge in [-0.3, -0.25) is 4.90 Å². The molecule has 124 valence electrons. The van der Waals surface area contributed by atoms with Crippen LogP contribution in [-0.4, -0.2) is 43.5 Å². The topological polar surface area (TPSA) is 37.4 Å². The summed E-state index contributed by atoms with van der Waals surface area (Å²) in [6.07, 6.45) is 4.58. The summed E-state index contributed by atoms with van der Waals surface area (Å²) in [6.45, 7) is 13.8. The fraction of sp³-hybridized carbons (Fsp3) is 1.00. The summed E-state index contributed by atoms with van der Waals surface area (Å²) >= 11 is 0. The van der Waals surface area contributed by atoms with E-state index in [1.165, 1.54) is 32.4 Å². The maximum absolute atomic E-state index is 11.7. The summed E-state index contributed by atoms with van der Waals surface area (Å²) in [4.78, 5) is 2.58. The Morgan fingerprint density at radius 1 is 1.00 bits per heavy atom. The Hall–Kier alpha value is -0.0900. The van der Waals surface area contributed by atoms with Crippen LogP contribution in [0.1, 0.15) is 60.3 Å². The van der Waals surface area contributed by atoms with Crippen LogP contribution in [0.25, 0.3) is 0 Å². The molecule has 2 heterocycles. The molecule has 0 aromatic carbocycles. The molecule has 0 bridgehead atoms. The zero-order valence-electron chi connectivity index (χ0n) is 14.5. The third kappa shape index (κ3) is 4.44. The molecule has 2 fully saturated rings. The highest BCUT2D eigenvalue weighted by Crippen LogP contribution is 2.42. The normalized spacial score (nSPS) is 28.9. The zero-order valence-corrected chi connectivity index (χ0v) is 15.3. The predicted molar refractivity (Wildman–Crippen MR) is 89.2 cm³/mol. The quantitative estimate of drug-likeness (QED) is 0.801. The van der Waals surface area contributed by atoms with E-state index in [0.717, 1.165) is 12.3 Å². The number of likely N-dealkylation sites (tertiary alicyclic amines) is 1. The van der Waals surface area contributed by atoms with Crippen LogP contribution in [0.4, 0.5) is 0 Å². The molecule has 0 N–H and O–H groups in total. The average Bonchev–Trinajstić information content (AvgIpc) is 2.69. The molecule has 1 atom stereocenters. The average molecular weight is 316 g/mol. The van der Waals surface area contributed by atoms with E-state index < -0.39 is 9.84 Å². The van der Waals surface area contributed by atoms with Crippen molar-refractivity contribution in [1.29, 1.82) is 0 Å². The van der Waals surface area contributed by atoms with Gasteiger partial charge in [0.2, 0.25) is 0 Å². The van der Waals surface area contributed by atoms with Crippen molar-refractivity contribution in [3.63, 3.8) is 0 Å². The molecule has 3 nitrogen and oxygen atoms in total. The van der Waals surface area contributed by atoms with Crippen molar-refractivity contribution in [3.05, 3.63) is 0 Å². The van der Waals surface area contributed by atoms with E-state index in [-0.39, 0.29) is 11.0 Å². The summed E-state index contributed by atoms with van der Waals surface area (Å²) < 4.78 is 23.5. The first-order chi connectivity index (χ1) is 9.50. The van der Waals surface area contributed by atoms with Gasteiger partial charge in [0.05, 0.1) is 11.5 Å². The van der Waals surface area contributed by atoms with Gasteiger partial charge in [-0.25, -0.2) is 8.42 Å². The minimum Gasteiger partial charge on any atom is -0.298 e. The molecule has 2 rings (SSSR count). The van der Waals surface area contributed by atoms with Gasteiger partial charge in [-0.05, 0) is 76.8 Å². The maximum atomic E-state index is 11.7. The van der Waals surface area contributed by atoms with Gasteiger partial charge in [0.25, 0.3) is 0 Å². The molecule has 21 heavy (non-hydrogen) atoms. The summed E-state index contributed by atoms with van der Waals surface area (Å²) in [5.41, 5.74) is 0.443. The van der Waals surface area contributed by atoms with Crippen LogP contribution < -0.4 is 0 Å². The highest BCUT2D eigenvalue weighted by Gasteiger charge is 2.40. The molecule has 2 aliphatic heterocycles. The third-order valence-corrected chi connectivity index (χ3v) is 7.48. The van der Waals surface area contributed by atoms with Crippen molar-refractivity contribution >= 4 is 9.84 Å². The van der Waals surface area contributed by atoms with Gasteiger partial charge >= 0.3 is 0 Å². The fourth-order valence-electron chi connectivity index (χ4n) is 4.13. The van der Waals surface area contributed by atoms with Gasteiger partial charge in [0.1, 0.15) is 0 Å². The number of hydrogen-bond acceptors (Lipinski definition) is 3. The van der Waals surface area contributed by atoms with Crippen molar-refractivity contribution in [2.45, 2.75) is 65.8 Å². The molecule has 0 amide bonds. The molecule has 2 saturated heterocycles. The largest absolute Gasteiger partial charge is 0.298 e. The van der Waals surface area contributed by atoms with Crippen molar-refractivity contribution in [1.82, 2.24) is 4.90 Å². The molecule has 0 spiro atoms. The molecule has 1 unspecified atom stereocenters. The Kier molecular flexibility index (Phi) is 4.80. The summed E-state index contributed by atoms with van der Waals surface area (Å²) in [5.74, 6) is 1.95. The summed E-state index contributed by atoms with van der Waals surface area (Å²) in [6, 6.07) is 0. The molecular formula is C17H33NO2S. The Morgan fingerprint density at radius 2 is 1.57 bits per heavy atom. The van der Waals surface area contributed by atoms with Crippen molar-refractivity contribution < 1.29 is 8.42 Å².